The van der Waals surface area contributed by atoms with Crippen LogP contribution in [0.3, 0.4) is 0 Å². The van der Waals surface area contributed by atoms with Crippen molar-refractivity contribution in [3.05, 3.63) is 23.8 Å². The highest BCUT2D eigenvalue weighted by Gasteiger charge is 2.17. The summed E-state index contributed by atoms with van der Waals surface area (Å²) >= 11 is 0. The number of methoxy groups -OCH3 is 1. The molecule has 0 aliphatic rings. The Morgan fingerprint density at radius 2 is 2.20 bits per heavy atom. The molecular formula is C10H12O5. The summed E-state index contributed by atoms with van der Waals surface area (Å²) in [6.07, 6.45) is -1.70. The van der Waals surface area contributed by atoms with Crippen molar-refractivity contribution in [3.63, 3.8) is 0 Å². The minimum atomic E-state index is -1.24. The summed E-state index contributed by atoms with van der Waals surface area (Å²) < 4.78 is 4.83. The van der Waals surface area contributed by atoms with Crippen molar-refractivity contribution in [2.75, 3.05) is 7.11 Å². The van der Waals surface area contributed by atoms with E-state index in [0.717, 1.165) is 0 Å². The Labute approximate surface area is 86.5 Å². The highest BCUT2D eigenvalue weighted by molar-refractivity contribution is 5.68. The van der Waals surface area contributed by atoms with Crippen LogP contribution in [0.2, 0.25) is 0 Å². The highest BCUT2D eigenvalue weighted by Crippen LogP contribution is 2.34. The zero-order valence-electron chi connectivity index (χ0n) is 8.17. The van der Waals surface area contributed by atoms with Crippen molar-refractivity contribution in [2.24, 2.45) is 0 Å². The summed E-state index contributed by atoms with van der Waals surface area (Å²) in [7, 11) is 1.38. The quantitative estimate of drug-likeness (QED) is 0.690. The maximum Gasteiger partial charge on any atom is 0.306 e. The largest absolute Gasteiger partial charge is 0.504 e. The average Bonchev–Trinajstić information content (AvgIpc) is 2.17. The Hall–Kier alpha value is -1.75. The highest BCUT2D eigenvalue weighted by atomic mass is 16.5. The molecule has 5 heteroatoms. The Balaban J connectivity index is 2.98. The van der Waals surface area contributed by atoms with Crippen LogP contribution in [0, 0.1) is 0 Å². The first kappa shape index (κ1) is 11.3. The summed E-state index contributed by atoms with van der Waals surface area (Å²) in [5, 5.41) is 27.6. The molecule has 1 atom stereocenters. The van der Waals surface area contributed by atoms with Gasteiger partial charge in [0.2, 0.25) is 0 Å². The van der Waals surface area contributed by atoms with Gasteiger partial charge in [0, 0.05) is 5.56 Å². The van der Waals surface area contributed by atoms with Crippen LogP contribution in [0.4, 0.5) is 0 Å². The van der Waals surface area contributed by atoms with Gasteiger partial charge in [0.25, 0.3) is 0 Å². The Morgan fingerprint density at radius 1 is 1.53 bits per heavy atom. The maximum absolute atomic E-state index is 10.4. The molecule has 0 radical (unpaired) electrons. The summed E-state index contributed by atoms with van der Waals surface area (Å²) in [5.41, 5.74) is 0.150. The number of aliphatic carboxylic acids is 1. The first-order valence-electron chi connectivity index (χ1n) is 4.32. The molecule has 0 aromatic heterocycles. The number of hydrogen-bond acceptors (Lipinski definition) is 4. The van der Waals surface area contributed by atoms with Crippen molar-refractivity contribution < 1.29 is 24.9 Å². The molecule has 0 spiro atoms. The van der Waals surface area contributed by atoms with E-state index in [1.807, 2.05) is 0 Å². The number of phenols is 1. The second-order valence-electron chi connectivity index (χ2n) is 3.01. The number of carboxylic acids is 1. The number of hydrogen-bond donors (Lipinski definition) is 3. The number of benzene rings is 1. The fourth-order valence-corrected chi connectivity index (χ4v) is 1.25. The van der Waals surface area contributed by atoms with Crippen LogP contribution < -0.4 is 4.74 Å². The Kier molecular flexibility index (Phi) is 3.51. The number of carbonyl (C=O) groups is 1. The molecule has 0 unspecified atom stereocenters. The molecule has 1 rings (SSSR count). The van der Waals surface area contributed by atoms with Gasteiger partial charge in [0.15, 0.2) is 11.5 Å². The third-order valence-corrected chi connectivity index (χ3v) is 1.98. The molecule has 0 saturated heterocycles. The van der Waals surface area contributed by atoms with Crippen molar-refractivity contribution >= 4 is 5.97 Å². The lowest BCUT2D eigenvalue weighted by molar-refractivity contribution is -0.139. The number of aliphatic hydroxyl groups is 1. The van der Waals surface area contributed by atoms with Crippen LogP contribution >= 0.6 is 0 Å². The van der Waals surface area contributed by atoms with Gasteiger partial charge in [-0.2, -0.15) is 0 Å². The van der Waals surface area contributed by atoms with Crippen molar-refractivity contribution in [1.29, 1.82) is 0 Å². The number of para-hydroxylation sites is 1. The van der Waals surface area contributed by atoms with Crippen LogP contribution in [0.25, 0.3) is 0 Å². The van der Waals surface area contributed by atoms with Gasteiger partial charge in [-0.15, -0.1) is 0 Å². The van der Waals surface area contributed by atoms with Crippen LogP contribution in [-0.2, 0) is 4.79 Å². The van der Waals surface area contributed by atoms with Gasteiger partial charge < -0.3 is 20.1 Å². The van der Waals surface area contributed by atoms with E-state index in [1.165, 1.54) is 19.2 Å². The van der Waals surface area contributed by atoms with Crippen LogP contribution in [-0.4, -0.2) is 28.4 Å². The number of carboxylic acid groups (broad SMARTS) is 1. The van der Waals surface area contributed by atoms with E-state index in [9.17, 15) is 15.0 Å². The standard InChI is InChI=1S/C10H12O5/c1-15-8-4-2-3-6(10(8)14)7(11)5-9(12)13/h2-4,7,11,14H,5H2,1H3,(H,12,13)/t7-/m0/s1. The van der Waals surface area contributed by atoms with E-state index in [-0.39, 0.29) is 17.1 Å². The molecule has 1 aromatic carbocycles. The van der Waals surface area contributed by atoms with E-state index >= 15 is 0 Å². The third-order valence-electron chi connectivity index (χ3n) is 1.98. The molecule has 0 fully saturated rings. The van der Waals surface area contributed by atoms with Crippen molar-refractivity contribution in [3.8, 4) is 11.5 Å². The van der Waals surface area contributed by atoms with E-state index < -0.39 is 18.5 Å². The zero-order valence-corrected chi connectivity index (χ0v) is 8.17. The second kappa shape index (κ2) is 4.65. The predicted molar refractivity (Wildman–Crippen MR) is 51.9 cm³/mol. The summed E-state index contributed by atoms with van der Waals surface area (Å²) in [6, 6.07) is 4.54. The number of rotatable bonds is 4. The Bertz CT molecular complexity index is 361. The SMILES string of the molecule is COc1cccc([C@@H](O)CC(=O)O)c1O. The molecule has 0 saturated carbocycles. The monoisotopic (exact) mass is 212 g/mol. The first-order chi connectivity index (χ1) is 7.06. The number of phenolic OH excluding ortho intramolecular Hbond substituents is 1. The molecule has 0 bridgehead atoms. The van der Waals surface area contributed by atoms with Gasteiger partial charge in [-0.1, -0.05) is 12.1 Å². The molecule has 5 nitrogen and oxygen atoms in total. The van der Waals surface area contributed by atoms with E-state index in [0.29, 0.717) is 0 Å². The van der Waals surface area contributed by atoms with Crippen LogP contribution in [0.5, 0.6) is 11.5 Å². The lowest BCUT2D eigenvalue weighted by Gasteiger charge is -2.12. The predicted octanol–water partition coefficient (Wildman–Crippen LogP) is 0.909. The van der Waals surface area contributed by atoms with Crippen LogP contribution in [0.1, 0.15) is 18.1 Å². The number of aliphatic hydroxyl groups excluding tert-OH is 1. The summed E-state index contributed by atoms with van der Waals surface area (Å²) in [6.45, 7) is 0. The van der Waals surface area contributed by atoms with Gasteiger partial charge in [0.1, 0.15) is 0 Å². The molecule has 0 aliphatic carbocycles. The van der Waals surface area contributed by atoms with Crippen LogP contribution in [0.15, 0.2) is 18.2 Å². The van der Waals surface area contributed by atoms with Crippen molar-refractivity contribution in [2.45, 2.75) is 12.5 Å². The number of ether oxygens (including phenoxy) is 1. The lowest BCUT2D eigenvalue weighted by Crippen LogP contribution is -2.05. The Morgan fingerprint density at radius 3 is 2.73 bits per heavy atom. The normalized spacial score (nSPS) is 12.1. The molecule has 3 N–H and O–H groups in total. The smallest absolute Gasteiger partial charge is 0.306 e. The van der Waals surface area contributed by atoms with Crippen molar-refractivity contribution in [1.82, 2.24) is 0 Å². The fraction of sp³-hybridized carbons (Fsp3) is 0.300. The van der Waals surface area contributed by atoms with Gasteiger partial charge >= 0.3 is 5.97 Å². The van der Waals surface area contributed by atoms with Gasteiger partial charge in [0.05, 0.1) is 19.6 Å². The zero-order chi connectivity index (χ0) is 11.4. The molecule has 82 valence electrons. The minimum absolute atomic E-state index is 0.150. The molecule has 0 aliphatic heterocycles. The first-order valence-corrected chi connectivity index (χ1v) is 4.32. The van der Waals surface area contributed by atoms with Gasteiger partial charge in [-0.25, -0.2) is 0 Å². The molecular weight excluding hydrogens is 200 g/mol. The lowest BCUT2D eigenvalue weighted by atomic mass is 10.1. The minimum Gasteiger partial charge on any atom is -0.504 e. The topological polar surface area (TPSA) is 87.0 Å². The maximum atomic E-state index is 10.4. The molecule has 15 heavy (non-hydrogen) atoms. The van der Waals surface area contributed by atoms with E-state index in [1.54, 1.807) is 6.07 Å². The molecule has 0 amide bonds. The van der Waals surface area contributed by atoms with Gasteiger partial charge in [-0.05, 0) is 6.07 Å². The third kappa shape index (κ3) is 2.60. The second-order valence-corrected chi connectivity index (χ2v) is 3.01. The number of aromatic hydroxyl groups is 1. The van der Waals surface area contributed by atoms with E-state index in [2.05, 4.69) is 0 Å². The molecule has 1 aromatic rings. The summed E-state index contributed by atoms with van der Waals surface area (Å²) in [4.78, 5) is 10.4. The molecule has 0 heterocycles. The summed E-state index contributed by atoms with van der Waals surface area (Å²) in [5.74, 6) is -1.16. The average molecular weight is 212 g/mol. The fourth-order valence-electron chi connectivity index (χ4n) is 1.25. The van der Waals surface area contributed by atoms with Gasteiger partial charge in [-0.3, -0.25) is 4.79 Å². The van der Waals surface area contributed by atoms with E-state index in [4.69, 9.17) is 9.84 Å².